The Bertz CT molecular complexity index is 679. The minimum atomic E-state index is -0.635. The number of carbonyl (C=O) groups is 2. The molecular formula is C24H36O6. The van der Waals surface area contributed by atoms with Gasteiger partial charge in [-0.2, -0.15) is 0 Å². The zero-order valence-corrected chi connectivity index (χ0v) is 18.3. The van der Waals surface area contributed by atoms with Crippen LogP contribution in [0.5, 0.6) is 0 Å². The van der Waals surface area contributed by atoms with Gasteiger partial charge in [-0.15, -0.1) is 0 Å². The third kappa shape index (κ3) is 5.33. The Hall–Kier alpha value is -1.66. The summed E-state index contributed by atoms with van der Waals surface area (Å²) in [5.74, 6) is -0.191. The normalized spacial score (nSPS) is 34.7. The Balaban J connectivity index is 1.75. The number of hydrogen-bond acceptors (Lipinski definition) is 6. The zero-order valence-electron chi connectivity index (χ0n) is 18.3. The van der Waals surface area contributed by atoms with Gasteiger partial charge in [0.15, 0.2) is 0 Å². The zero-order chi connectivity index (χ0) is 21.8. The van der Waals surface area contributed by atoms with E-state index in [9.17, 15) is 19.8 Å². The Morgan fingerprint density at radius 1 is 1.27 bits per heavy atom. The highest BCUT2D eigenvalue weighted by Gasteiger charge is 2.43. The van der Waals surface area contributed by atoms with Gasteiger partial charge in [-0.05, 0) is 43.1 Å². The van der Waals surface area contributed by atoms with E-state index in [2.05, 4.69) is 13.0 Å². The molecule has 168 valence electrons. The molecule has 7 atom stereocenters. The molecule has 1 heterocycles. The highest BCUT2D eigenvalue weighted by atomic mass is 16.6. The number of aliphatic hydroxyl groups excluding tert-OH is 2. The summed E-state index contributed by atoms with van der Waals surface area (Å²) in [5, 5.41) is 20.3. The minimum absolute atomic E-state index is 0.0240. The summed E-state index contributed by atoms with van der Waals surface area (Å²) in [6, 6.07) is 0. The molecule has 0 unspecified atom stereocenters. The molecule has 1 fully saturated rings. The average molecular weight is 421 g/mol. The first-order valence-corrected chi connectivity index (χ1v) is 11.5. The van der Waals surface area contributed by atoms with Gasteiger partial charge in [-0.3, -0.25) is 9.59 Å². The molecule has 0 aromatic heterocycles. The quantitative estimate of drug-likeness (QED) is 0.614. The lowest BCUT2D eigenvalue weighted by Gasteiger charge is -2.43. The lowest BCUT2D eigenvalue weighted by molar-refractivity contribution is -0.164. The standard InChI is InChI=1S/C24H36O6/c1-4-15(5-2)24(28)30-21-12-17(25)10-16-7-6-8-20(23(16)21)14(3)9-19-11-18(26)13-22(27)29-19/h6-7,10,14-15,17-21,23,25-26H,4-5,8-9,11-13H2,1-3H3/t14-,17+,18+,19+,20-,21-,23-/m0/s1. The van der Waals surface area contributed by atoms with Crippen LogP contribution in [0.2, 0.25) is 0 Å². The second kappa shape index (κ2) is 10.1. The molecule has 0 saturated carbocycles. The number of carbonyl (C=O) groups excluding carboxylic acids is 2. The molecular weight excluding hydrogens is 384 g/mol. The van der Waals surface area contributed by atoms with E-state index in [0.29, 0.717) is 19.3 Å². The van der Waals surface area contributed by atoms with Gasteiger partial charge in [0.2, 0.25) is 0 Å². The van der Waals surface area contributed by atoms with Crippen molar-refractivity contribution in [2.45, 2.75) is 90.1 Å². The molecule has 0 spiro atoms. The molecule has 1 aliphatic heterocycles. The van der Waals surface area contributed by atoms with Crippen molar-refractivity contribution in [3.8, 4) is 0 Å². The second-order valence-electron chi connectivity index (χ2n) is 9.20. The van der Waals surface area contributed by atoms with E-state index in [4.69, 9.17) is 9.47 Å². The maximum absolute atomic E-state index is 12.7. The smallest absolute Gasteiger partial charge is 0.309 e. The molecule has 3 aliphatic rings. The van der Waals surface area contributed by atoms with Crippen LogP contribution >= 0.6 is 0 Å². The van der Waals surface area contributed by atoms with Crippen LogP contribution < -0.4 is 0 Å². The number of allylic oxidation sites excluding steroid dienone is 2. The first-order chi connectivity index (χ1) is 14.3. The number of rotatable bonds is 7. The summed E-state index contributed by atoms with van der Waals surface area (Å²) in [6.45, 7) is 6.12. The summed E-state index contributed by atoms with van der Waals surface area (Å²) >= 11 is 0. The van der Waals surface area contributed by atoms with Gasteiger partial charge in [0.1, 0.15) is 12.2 Å². The molecule has 0 aromatic carbocycles. The van der Waals surface area contributed by atoms with Crippen LogP contribution in [0.4, 0.5) is 0 Å². The summed E-state index contributed by atoms with van der Waals surface area (Å²) in [4.78, 5) is 24.4. The van der Waals surface area contributed by atoms with Gasteiger partial charge in [-0.25, -0.2) is 0 Å². The monoisotopic (exact) mass is 420 g/mol. The van der Waals surface area contributed by atoms with Gasteiger partial charge < -0.3 is 19.7 Å². The van der Waals surface area contributed by atoms with Crippen LogP contribution in [0.25, 0.3) is 0 Å². The first kappa shape index (κ1) is 23.0. The van der Waals surface area contributed by atoms with E-state index in [1.54, 1.807) is 0 Å². The summed E-state index contributed by atoms with van der Waals surface area (Å²) in [7, 11) is 0. The first-order valence-electron chi connectivity index (χ1n) is 11.5. The molecule has 6 nitrogen and oxygen atoms in total. The molecule has 0 amide bonds. The summed E-state index contributed by atoms with van der Waals surface area (Å²) in [5.41, 5.74) is 1.03. The van der Waals surface area contributed by atoms with E-state index in [1.165, 1.54) is 0 Å². The number of aliphatic hydroxyl groups is 2. The van der Waals surface area contributed by atoms with Crippen molar-refractivity contribution in [3.63, 3.8) is 0 Å². The predicted octanol–water partition coefficient (Wildman–Crippen LogP) is 3.31. The maximum atomic E-state index is 12.7. The topological polar surface area (TPSA) is 93.1 Å². The van der Waals surface area contributed by atoms with E-state index in [1.807, 2.05) is 26.0 Å². The number of cyclic esters (lactones) is 1. The fraction of sp³-hybridized carbons (Fsp3) is 0.750. The third-order valence-electron chi connectivity index (χ3n) is 7.01. The second-order valence-corrected chi connectivity index (χ2v) is 9.20. The van der Waals surface area contributed by atoms with Gasteiger partial charge in [0, 0.05) is 18.8 Å². The van der Waals surface area contributed by atoms with Crippen molar-refractivity contribution < 1.29 is 29.3 Å². The van der Waals surface area contributed by atoms with Crippen molar-refractivity contribution in [2.24, 2.45) is 23.7 Å². The van der Waals surface area contributed by atoms with E-state index >= 15 is 0 Å². The highest BCUT2D eigenvalue weighted by Crippen LogP contribution is 2.44. The van der Waals surface area contributed by atoms with Crippen LogP contribution in [0.1, 0.15) is 65.7 Å². The van der Waals surface area contributed by atoms with E-state index in [0.717, 1.165) is 24.8 Å². The fourth-order valence-electron chi connectivity index (χ4n) is 5.37. The van der Waals surface area contributed by atoms with Crippen molar-refractivity contribution in [1.29, 1.82) is 0 Å². The minimum Gasteiger partial charge on any atom is -0.462 e. The van der Waals surface area contributed by atoms with Crippen molar-refractivity contribution >= 4 is 11.9 Å². The Kier molecular flexibility index (Phi) is 7.75. The van der Waals surface area contributed by atoms with E-state index < -0.39 is 12.2 Å². The molecule has 2 N–H and O–H groups in total. The van der Waals surface area contributed by atoms with Crippen molar-refractivity contribution in [3.05, 3.63) is 23.8 Å². The predicted molar refractivity (Wildman–Crippen MR) is 112 cm³/mol. The molecule has 6 heteroatoms. The largest absolute Gasteiger partial charge is 0.462 e. The van der Waals surface area contributed by atoms with Crippen LogP contribution in [0, 0.1) is 23.7 Å². The maximum Gasteiger partial charge on any atom is 0.309 e. The molecule has 2 aliphatic carbocycles. The van der Waals surface area contributed by atoms with Gasteiger partial charge in [0.25, 0.3) is 0 Å². The molecule has 30 heavy (non-hydrogen) atoms. The third-order valence-corrected chi connectivity index (χ3v) is 7.01. The van der Waals surface area contributed by atoms with Crippen molar-refractivity contribution in [2.75, 3.05) is 0 Å². The number of esters is 2. The van der Waals surface area contributed by atoms with Gasteiger partial charge in [0.05, 0.1) is 24.5 Å². The molecule has 0 radical (unpaired) electrons. The van der Waals surface area contributed by atoms with Crippen molar-refractivity contribution in [1.82, 2.24) is 0 Å². The Morgan fingerprint density at radius 2 is 2.00 bits per heavy atom. The van der Waals surface area contributed by atoms with E-state index in [-0.39, 0.29) is 54.2 Å². The molecule has 1 saturated heterocycles. The van der Waals surface area contributed by atoms with Gasteiger partial charge in [-0.1, -0.05) is 39.0 Å². The fourth-order valence-corrected chi connectivity index (χ4v) is 5.37. The van der Waals surface area contributed by atoms with Crippen LogP contribution in [-0.2, 0) is 19.1 Å². The lowest BCUT2D eigenvalue weighted by Crippen LogP contribution is -2.43. The molecule has 3 rings (SSSR count). The number of fused-ring (bicyclic) bond motifs is 1. The summed E-state index contributed by atoms with van der Waals surface area (Å²) < 4.78 is 11.4. The SMILES string of the molecule is CCC(CC)C(=O)O[C@H]1C[C@H](O)C=C2C=CC[C@@H]([C@@H](C)C[C@@H]3C[C@@H](O)CC(=O)O3)[C@H]21. The Morgan fingerprint density at radius 3 is 2.67 bits per heavy atom. The highest BCUT2D eigenvalue weighted by molar-refractivity contribution is 5.72. The average Bonchev–Trinajstić information content (AvgIpc) is 2.67. The van der Waals surface area contributed by atoms with Crippen LogP contribution in [-0.4, -0.2) is 46.6 Å². The Labute approximate surface area is 179 Å². The molecule has 0 bridgehead atoms. The van der Waals surface area contributed by atoms with Crippen LogP contribution in [0.3, 0.4) is 0 Å². The lowest BCUT2D eigenvalue weighted by atomic mass is 9.66. The number of hydrogen-bond donors (Lipinski definition) is 2. The number of ether oxygens (including phenoxy) is 2. The summed E-state index contributed by atoms with van der Waals surface area (Å²) in [6.07, 6.45) is 8.09. The van der Waals surface area contributed by atoms with Gasteiger partial charge >= 0.3 is 11.9 Å². The van der Waals surface area contributed by atoms with Crippen LogP contribution in [0.15, 0.2) is 23.8 Å². The molecule has 0 aromatic rings.